The number of rotatable bonds is 9. The number of thioether (sulfide) groups is 1. The average Bonchev–Trinajstić information content (AvgIpc) is 2.59. The first-order valence-electron chi connectivity index (χ1n) is 8.68. The SMILES string of the molecule is Cc1ccc(SCCC(=O)NCCCCn2ccccc2=O)cc1C. The number of carbonyl (C=O) groups is 1. The second-order valence-electron chi connectivity index (χ2n) is 6.13. The lowest BCUT2D eigenvalue weighted by molar-refractivity contribution is -0.120. The Kier molecular flexibility index (Phi) is 7.79. The minimum Gasteiger partial charge on any atom is -0.356 e. The Labute approximate surface area is 153 Å². The summed E-state index contributed by atoms with van der Waals surface area (Å²) in [5.41, 5.74) is 2.60. The van der Waals surface area contributed by atoms with Crippen LogP contribution in [-0.4, -0.2) is 22.8 Å². The summed E-state index contributed by atoms with van der Waals surface area (Å²) >= 11 is 1.72. The summed E-state index contributed by atoms with van der Waals surface area (Å²) in [5, 5.41) is 2.95. The Bertz CT molecular complexity index is 755. The molecule has 1 N–H and O–H groups in total. The predicted molar refractivity (Wildman–Crippen MR) is 104 cm³/mol. The maximum absolute atomic E-state index is 11.9. The van der Waals surface area contributed by atoms with Gasteiger partial charge in [0.1, 0.15) is 0 Å². The van der Waals surface area contributed by atoms with Gasteiger partial charge in [0.2, 0.25) is 11.5 Å². The summed E-state index contributed by atoms with van der Waals surface area (Å²) in [6.07, 6.45) is 4.07. The number of hydrogen-bond donors (Lipinski definition) is 1. The van der Waals surface area contributed by atoms with Crippen LogP contribution in [0.15, 0.2) is 52.3 Å². The second-order valence-corrected chi connectivity index (χ2v) is 7.30. The fraction of sp³-hybridized carbons (Fsp3) is 0.400. The zero-order valence-corrected chi connectivity index (χ0v) is 15.8. The van der Waals surface area contributed by atoms with Crippen molar-refractivity contribution >= 4 is 17.7 Å². The molecule has 1 heterocycles. The molecule has 1 aromatic carbocycles. The lowest BCUT2D eigenvalue weighted by Gasteiger charge is -2.07. The van der Waals surface area contributed by atoms with E-state index in [1.807, 2.05) is 6.07 Å². The van der Waals surface area contributed by atoms with Gasteiger partial charge in [-0.1, -0.05) is 12.1 Å². The zero-order valence-electron chi connectivity index (χ0n) is 15.0. The standard InChI is InChI=1S/C20H26N2O2S/c1-16-8-9-18(15-17(16)2)25-14-10-19(23)21-11-4-6-13-22-12-5-3-7-20(22)24/h3,5,7-9,12,15H,4,6,10-11,13-14H2,1-2H3,(H,21,23). The number of amides is 1. The molecule has 0 saturated carbocycles. The molecule has 0 bridgehead atoms. The van der Waals surface area contributed by atoms with E-state index in [-0.39, 0.29) is 11.5 Å². The molecule has 0 aliphatic carbocycles. The van der Waals surface area contributed by atoms with Crippen LogP contribution in [0.25, 0.3) is 0 Å². The summed E-state index contributed by atoms with van der Waals surface area (Å²) in [5.74, 6) is 0.876. The van der Waals surface area contributed by atoms with E-state index in [1.165, 1.54) is 16.0 Å². The highest BCUT2D eigenvalue weighted by atomic mass is 32.2. The smallest absolute Gasteiger partial charge is 0.250 e. The molecule has 0 fully saturated rings. The molecular weight excluding hydrogens is 332 g/mol. The van der Waals surface area contributed by atoms with Gasteiger partial charge in [-0.2, -0.15) is 0 Å². The lowest BCUT2D eigenvalue weighted by Crippen LogP contribution is -2.25. The summed E-state index contributed by atoms with van der Waals surface area (Å²) in [6, 6.07) is 11.6. The van der Waals surface area contributed by atoms with Crippen LogP contribution in [0, 0.1) is 13.8 Å². The number of aromatic nitrogens is 1. The van der Waals surface area contributed by atoms with Gasteiger partial charge in [0, 0.05) is 42.4 Å². The third-order valence-electron chi connectivity index (χ3n) is 4.12. The van der Waals surface area contributed by atoms with Crippen molar-refractivity contribution in [2.45, 2.75) is 44.6 Å². The Morgan fingerprint density at radius 2 is 1.96 bits per heavy atom. The van der Waals surface area contributed by atoms with Crippen LogP contribution in [0.3, 0.4) is 0 Å². The third-order valence-corrected chi connectivity index (χ3v) is 5.12. The van der Waals surface area contributed by atoms with E-state index in [2.05, 4.69) is 37.4 Å². The van der Waals surface area contributed by atoms with E-state index in [0.717, 1.165) is 18.6 Å². The molecule has 1 amide bonds. The molecule has 2 aromatic rings. The molecule has 0 aliphatic rings. The van der Waals surface area contributed by atoms with Crippen LogP contribution < -0.4 is 10.9 Å². The first-order valence-corrected chi connectivity index (χ1v) is 9.67. The molecule has 0 atom stereocenters. The summed E-state index contributed by atoms with van der Waals surface area (Å²) in [7, 11) is 0. The number of benzene rings is 1. The fourth-order valence-corrected chi connectivity index (χ4v) is 3.38. The van der Waals surface area contributed by atoms with E-state index >= 15 is 0 Å². The zero-order chi connectivity index (χ0) is 18.1. The van der Waals surface area contributed by atoms with E-state index in [0.29, 0.717) is 19.5 Å². The number of aryl methyl sites for hydroxylation is 3. The Hall–Kier alpha value is -2.01. The van der Waals surface area contributed by atoms with Crippen LogP contribution >= 0.6 is 11.8 Å². The highest BCUT2D eigenvalue weighted by Gasteiger charge is 2.03. The van der Waals surface area contributed by atoms with E-state index < -0.39 is 0 Å². The van der Waals surface area contributed by atoms with Gasteiger partial charge in [0.15, 0.2) is 0 Å². The minimum absolute atomic E-state index is 0.0231. The first-order chi connectivity index (χ1) is 12.1. The predicted octanol–water partition coefficient (Wildman–Crippen LogP) is 3.54. The van der Waals surface area contributed by atoms with Gasteiger partial charge in [-0.25, -0.2) is 0 Å². The molecule has 0 saturated heterocycles. The highest BCUT2D eigenvalue weighted by molar-refractivity contribution is 7.99. The summed E-state index contributed by atoms with van der Waals surface area (Å²) in [4.78, 5) is 24.6. The molecule has 25 heavy (non-hydrogen) atoms. The van der Waals surface area contributed by atoms with Crippen LogP contribution in [0.5, 0.6) is 0 Å². The number of hydrogen-bond acceptors (Lipinski definition) is 3. The molecule has 0 spiro atoms. The van der Waals surface area contributed by atoms with Crippen molar-refractivity contribution < 1.29 is 4.79 Å². The van der Waals surface area contributed by atoms with Crippen molar-refractivity contribution in [2.75, 3.05) is 12.3 Å². The Morgan fingerprint density at radius 1 is 1.12 bits per heavy atom. The molecule has 5 heteroatoms. The highest BCUT2D eigenvalue weighted by Crippen LogP contribution is 2.21. The normalized spacial score (nSPS) is 10.6. The number of nitrogens with one attached hydrogen (secondary N) is 1. The van der Waals surface area contributed by atoms with Crippen LogP contribution in [0.1, 0.15) is 30.4 Å². The van der Waals surface area contributed by atoms with Gasteiger partial charge in [0.05, 0.1) is 0 Å². The molecule has 2 rings (SSSR count). The minimum atomic E-state index is 0.0231. The monoisotopic (exact) mass is 358 g/mol. The van der Waals surface area contributed by atoms with Crippen molar-refractivity contribution in [1.29, 1.82) is 0 Å². The summed E-state index contributed by atoms with van der Waals surface area (Å²) in [6.45, 7) is 5.56. The first kappa shape index (κ1) is 19.3. The molecule has 4 nitrogen and oxygen atoms in total. The van der Waals surface area contributed by atoms with Gasteiger partial charge < -0.3 is 9.88 Å². The molecule has 0 unspecified atom stereocenters. The van der Waals surface area contributed by atoms with Gasteiger partial charge in [-0.3, -0.25) is 9.59 Å². The number of pyridine rings is 1. The maximum Gasteiger partial charge on any atom is 0.250 e. The molecule has 1 aromatic heterocycles. The van der Waals surface area contributed by atoms with Crippen molar-refractivity contribution in [3.05, 3.63) is 64.1 Å². The topological polar surface area (TPSA) is 51.1 Å². The van der Waals surface area contributed by atoms with Gasteiger partial charge in [0.25, 0.3) is 0 Å². The van der Waals surface area contributed by atoms with E-state index in [1.54, 1.807) is 34.7 Å². The lowest BCUT2D eigenvalue weighted by atomic mass is 10.1. The molecule has 0 aliphatic heterocycles. The van der Waals surface area contributed by atoms with Crippen LogP contribution in [0.4, 0.5) is 0 Å². The number of unbranched alkanes of at least 4 members (excludes halogenated alkanes) is 1. The average molecular weight is 359 g/mol. The van der Waals surface area contributed by atoms with Crippen LogP contribution in [0.2, 0.25) is 0 Å². The van der Waals surface area contributed by atoms with E-state index in [9.17, 15) is 9.59 Å². The van der Waals surface area contributed by atoms with Crippen molar-refractivity contribution in [2.24, 2.45) is 0 Å². The van der Waals surface area contributed by atoms with Crippen molar-refractivity contribution in [3.8, 4) is 0 Å². The van der Waals surface area contributed by atoms with Gasteiger partial charge >= 0.3 is 0 Å². The molecule has 0 radical (unpaired) electrons. The molecule has 134 valence electrons. The maximum atomic E-state index is 11.9. The fourth-order valence-electron chi connectivity index (χ4n) is 2.43. The summed E-state index contributed by atoms with van der Waals surface area (Å²) < 4.78 is 1.70. The number of carbonyl (C=O) groups excluding carboxylic acids is 1. The Balaban J connectivity index is 1.57. The largest absolute Gasteiger partial charge is 0.356 e. The van der Waals surface area contributed by atoms with Crippen LogP contribution in [-0.2, 0) is 11.3 Å². The molecular formula is C20H26N2O2S. The second kappa shape index (κ2) is 10.1. The van der Waals surface area contributed by atoms with Crippen molar-refractivity contribution in [3.63, 3.8) is 0 Å². The van der Waals surface area contributed by atoms with Gasteiger partial charge in [-0.15, -0.1) is 11.8 Å². The van der Waals surface area contributed by atoms with E-state index in [4.69, 9.17) is 0 Å². The number of nitrogens with zero attached hydrogens (tertiary/aromatic N) is 1. The third kappa shape index (κ3) is 6.78. The van der Waals surface area contributed by atoms with Crippen molar-refractivity contribution in [1.82, 2.24) is 9.88 Å². The quantitative estimate of drug-likeness (QED) is 0.551. The van der Waals surface area contributed by atoms with Gasteiger partial charge in [-0.05, 0) is 56.0 Å². The Morgan fingerprint density at radius 3 is 2.72 bits per heavy atom.